The van der Waals surface area contributed by atoms with Crippen LogP contribution in [0.1, 0.15) is 41.6 Å². The van der Waals surface area contributed by atoms with E-state index in [-0.39, 0.29) is 23.2 Å². The first-order valence-corrected chi connectivity index (χ1v) is 12.5. The highest BCUT2D eigenvalue weighted by molar-refractivity contribution is 6.32. The minimum Gasteiger partial charge on any atom is -0.357 e. The molecule has 0 radical (unpaired) electrons. The highest BCUT2D eigenvalue weighted by Crippen LogP contribution is 2.38. The lowest BCUT2D eigenvalue weighted by Gasteiger charge is -2.35. The van der Waals surface area contributed by atoms with E-state index in [0.29, 0.717) is 23.7 Å². The van der Waals surface area contributed by atoms with Gasteiger partial charge in [-0.15, -0.1) is 0 Å². The lowest BCUT2D eigenvalue weighted by Crippen LogP contribution is -2.61. The Morgan fingerprint density at radius 3 is 2.24 bits per heavy atom. The third-order valence-corrected chi connectivity index (χ3v) is 7.16. The summed E-state index contributed by atoms with van der Waals surface area (Å²) in [7, 11) is 4.66. The number of pyridine rings is 1. The Balaban J connectivity index is 1.52. The van der Waals surface area contributed by atoms with Crippen molar-refractivity contribution in [1.29, 1.82) is 0 Å². The smallest absolute Gasteiger partial charge is 0.357 e. The summed E-state index contributed by atoms with van der Waals surface area (Å²) in [5, 5.41) is 0.163. The van der Waals surface area contributed by atoms with Crippen LogP contribution in [0.4, 0.5) is 19.0 Å². The number of aromatic nitrogens is 1. The molecule has 2 N–H and O–H groups in total. The van der Waals surface area contributed by atoms with Gasteiger partial charge in [-0.2, -0.15) is 13.2 Å². The zero-order valence-electron chi connectivity index (χ0n) is 21.3. The van der Waals surface area contributed by atoms with E-state index in [1.54, 1.807) is 32.3 Å². The van der Waals surface area contributed by atoms with Crippen LogP contribution in [-0.4, -0.2) is 73.6 Å². The molecule has 0 spiro atoms. The number of carbonyl (C=O) groups is 2. The van der Waals surface area contributed by atoms with Crippen molar-refractivity contribution in [3.63, 3.8) is 0 Å². The molecule has 0 saturated carbocycles. The number of hydrogen-bond acceptors (Lipinski definition) is 5. The Hall–Kier alpha value is -2.85. The molecule has 2 aromatic rings. The quantitative estimate of drug-likeness (QED) is 0.506. The SMILES string of the molecule is CN(C)C(=O)c1ccc(N2CCC(CCCN(C)C(=O)[C@](N)(c3ccccc3)C(F)(F)F)CC2)nc1Cl. The second-order valence-electron chi connectivity index (χ2n) is 9.68. The first-order valence-electron chi connectivity index (χ1n) is 12.2. The molecule has 1 aliphatic rings. The molecule has 11 heteroatoms. The number of halogens is 4. The lowest BCUT2D eigenvalue weighted by molar-refractivity contribution is -0.200. The summed E-state index contributed by atoms with van der Waals surface area (Å²) >= 11 is 6.24. The molecule has 2 amide bonds. The lowest BCUT2D eigenvalue weighted by atomic mass is 9.88. The molecule has 1 saturated heterocycles. The summed E-state index contributed by atoms with van der Waals surface area (Å²) in [6, 6.07) is 10.4. The molecule has 202 valence electrons. The fourth-order valence-electron chi connectivity index (χ4n) is 4.58. The molecule has 1 fully saturated rings. The van der Waals surface area contributed by atoms with Crippen LogP contribution >= 0.6 is 11.6 Å². The second kappa shape index (κ2) is 11.7. The van der Waals surface area contributed by atoms with Crippen molar-refractivity contribution >= 4 is 29.2 Å². The van der Waals surface area contributed by atoms with E-state index < -0.39 is 17.6 Å². The van der Waals surface area contributed by atoms with Crippen molar-refractivity contribution in [2.24, 2.45) is 11.7 Å². The van der Waals surface area contributed by atoms with Gasteiger partial charge in [-0.05, 0) is 49.3 Å². The predicted octanol–water partition coefficient (Wildman–Crippen LogP) is 4.31. The average molecular weight is 540 g/mol. The van der Waals surface area contributed by atoms with Gasteiger partial charge in [0.2, 0.25) is 5.54 Å². The maximum Gasteiger partial charge on any atom is 0.419 e. The molecular formula is C26H33ClF3N5O2. The fraction of sp³-hybridized carbons (Fsp3) is 0.500. The van der Waals surface area contributed by atoms with Gasteiger partial charge < -0.3 is 20.4 Å². The molecule has 1 aromatic carbocycles. The van der Waals surface area contributed by atoms with Crippen LogP contribution in [0.2, 0.25) is 5.15 Å². The van der Waals surface area contributed by atoms with Gasteiger partial charge in [-0.25, -0.2) is 4.98 Å². The molecule has 1 aliphatic heterocycles. The highest BCUT2D eigenvalue weighted by Gasteiger charge is 2.59. The first-order chi connectivity index (χ1) is 17.4. The molecule has 37 heavy (non-hydrogen) atoms. The number of rotatable bonds is 8. The number of benzene rings is 1. The number of nitrogens with zero attached hydrogens (tertiary/aromatic N) is 4. The number of likely N-dealkylation sites (N-methyl/N-ethyl adjacent to an activating group) is 1. The summed E-state index contributed by atoms with van der Waals surface area (Å²) in [6.07, 6.45) is -1.82. The van der Waals surface area contributed by atoms with Crippen LogP contribution in [0.25, 0.3) is 0 Å². The molecule has 0 bridgehead atoms. The molecule has 3 rings (SSSR count). The van der Waals surface area contributed by atoms with Crippen LogP contribution in [0.5, 0.6) is 0 Å². The van der Waals surface area contributed by atoms with Crippen molar-refractivity contribution in [3.8, 4) is 0 Å². The van der Waals surface area contributed by atoms with Crippen LogP contribution < -0.4 is 10.6 Å². The number of carbonyl (C=O) groups excluding carboxylic acids is 2. The Labute approximate surface area is 220 Å². The van der Waals surface area contributed by atoms with Crippen LogP contribution in [0.3, 0.4) is 0 Å². The number of nitrogens with two attached hydrogens (primary N) is 1. The number of amides is 2. The Kier molecular flexibility index (Phi) is 9.07. The van der Waals surface area contributed by atoms with Crippen molar-refractivity contribution < 1.29 is 22.8 Å². The third kappa shape index (κ3) is 6.35. The van der Waals surface area contributed by atoms with Crippen LogP contribution in [0, 0.1) is 5.92 Å². The first kappa shape index (κ1) is 28.7. The summed E-state index contributed by atoms with van der Waals surface area (Å²) in [6.45, 7) is 1.68. The number of alkyl halides is 3. The van der Waals surface area contributed by atoms with Crippen molar-refractivity contribution in [2.75, 3.05) is 45.7 Å². The van der Waals surface area contributed by atoms with Gasteiger partial charge in [0.05, 0.1) is 5.56 Å². The largest absolute Gasteiger partial charge is 0.419 e. The third-order valence-electron chi connectivity index (χ3n) is 6.88. The minimum absolute atomic E-state index is 0.163. The maximum atomic E-state index is 13.9. The van der Waals surface area contributed by atoms with E-state index in [1.165, 1.54) is 36.2 Å². The van der Waals surface area contributed by atoms with Gasteiger partial charge in [0, 0.05) is 40.8 Å². The van der Waals surface area contributed by atoms with E-state index in [0.717, 1.165) is 37.3 Å². The Bertz CT molecular complexity index is 1090. The number of anilines is 1. The van der Waals surface area contributed by atoms with Gasteiger partial charge in [-0.1, -0.05) is 41.9 Å². The predicted molar refractivity (Wildman–Crippen MR) is 137 cm³/mol. The molecule has 1 aromatic heterocycles. The molecular weight excluding hydrogens is 507 g/mol. The van der Waals surface area contributed by atoms with E-state index in [1.807, 2.05) is 0 Å². The van der Waals surface area contributed by atoms with Crippen LogP contribution in [-0.2, 0) is 10.3 Å². The van der Waals surface area contributed by atoms with E-state index in [4.69, 9.17) is 17.3 Å². The highest BCUT2D eigenvalue weighted by atomic mass is 35.5. The number of piperidine rings is 1. The Morgan fingerprint density at radius 1 is 1.08 bits per heavy atom. The van der Waals surface area contributed by atoms with Gasteiger partial charge >= 0.3 is 6.18 Å². The molecule has 0 aliphatic carbocycles. The summed E-state index contributed by atoms with van der Waals surface area (Å²) in [5.41, 5.74) is 2.70. The van der Waals surface area contributed by atoms with E-state index >= 15 is 0 Å². The van der Waals surface area contributed by atoms with Crippen molar-refractivity contribution in [3.05, 3.63) is 58.7 Å². The van der Waals surface area contributed by atoms with Gasteiger partial charge in [0.25, 0.3) is 11.8 Å². The van der Waals surface area contributed by atoms with Crippen molar-refractivity contribution in [2.45, 2.75) is 37.4 Å². The Morgan fingerprint density at radius 2 is 1.70 bits per heavy atom. The summed E-state index contributed by atoms with van der Waals surface area (Å²) in [5.74, 6) is -0.294. The van der Waals surface area contributed by atoms with Crippen LogP contribution in [0.15, 0.2) is 42.5 Å². The summed E-state index contributed by atoms with van der Waals surface area (Å²) in [4.78, 5) is 34.0. The molecule has 0 unspecified atom stereocenters. The van der Waals surface area contributed by atoms with Gasteiger partial charge in [0.1, 0.15) is 11.0 Å². The molecule has 1 atom stereocenters. The monoisotopic (exact) mass is 539 g/mol. The maximum absolute atomic E-state index is 13.9. The standard InChI is InChI=1S/C26H33ClF3N5O2/c1-33(2)23(36)20-11-12-21(32-22(20)27)35-16-13-18(14-17-35)8-7-15-34(3)24(37)25(31,26(28,29)30)19-9-5-4-6-10-19/h4-6,9-12,18H,7-8,13-17,31H2,1-3H3/t25-/m1/s1. The van der Waals surface area contributed by atoms with Gasteiger partial charge in [-0.3, -0.25) is 9.59 Å². The topological polar surface area (TPSA) is 82.8 Å². The summed E-state index contributed by atoms with van der Waals surface area (Å²) < 4.78 is 41.7. The van der Waals surface area contributed by atoms with Crippen molar-refractivity contribution in [1.82, 2.24) is 14.8 Å². The molecule has 7 nitrogen and oxygen atoms in total. The minimum atomic E-state index is -4.93. The molecule has 2 heterocycles. The number of hydrogen-bond donors (Lipinski definition) is 1. The zero-order valence-corrected chi connectivity index (χ0v) is 22.0. The van der Waals surface area contributed by atoms with E-state index in [9.17, 15) is 22.8 Å². The second-order valence-corrected chi connectivity index (χ2v) is 10.0. The van der Waals surface area contributed by atoms with E-state index in [2.05, 4.69) is 9.88 Å². The zero-order chi connectivity index (χ0) is 27.4. The normalized spacial score (nSPS) is 16.3. The van der Waals surface area contributed by atoms with Gasteiger partial charge in [0.15, 0.2) is 0 Å². The fourth-order valence-corrected chi connectivity index (χ4v) is 4.81. The average Bonchev–Trinajstić information content (AvgIpc) is 2.87.